The first-order valence-electron chi connectivity index (χ1n) is 5.74. The van der Waals surface area contributed by atoms with Gasteiger partial charge in [0, 0.05) is 17.0 Å². The number of benzene rings is 1. The van der Waals surface area contributed by atoms with Gasteiger partial charge in [0.2, 0.25) is 0 Å². The molecule has 1 aromatic heterocycles. The highest BCUT2D eigenvalue weighted by molar-refractivity contribution is 5.58. The first-order valence-corrected chi connectivity index (χ1v) is 5.74. The number of halogens is 1. The van der Waals surface area contributed by atoms with Crippen LogP contribution in [0.15, 0.2) is 35.1 Å². The number of hydrogen-bond acceptors (Lipinski definition) is 2. The highest BCUT2D eigenvalue weighted by Gasteiger charge is 2.17. The Morgan fingerprint density at radius 2 is 1.94 bits per heavy atom. The molecule has 1 N–H and O–H groups in total. The molecule has 3 nitrogen and oxygen atoms in total. The minimum absolute atomic E-state index is 0.228. The highest BCUT2D eigenvalue weighted by atomic mass is 19.1. The molecule has 2 aromatic rings. The lowest BCUT2D eigenvalue weighted by Crippen LogP contribution is -2.21. The molecule has 0 fully saturated rings. The van der Waals surface area contributed by atoms with Crippen LogP contribution in [0.1, 0.15) is 26.6 Å². The second kappa shape index (κ2) is 4.37. The summed E-state index contributed by atoms with van der Waals surface area (Å²) in [5.41, 5.74) is 0.603. The average Bonchev–Trinajstić information content (AvgIpc) is 2.27. The summed E-state index contributed by atoms with van der Waals surface area (Å²) in [5, 5.41) is 0. The highest BCUT2D eigenvalue weighted by Crippen LogP contribution is 2.21. The molecule has 4 heteroatoms. The summed E-state index contributed by atoms with van der Waals surface area (Å²) in [5.74, 6) is 0.251. The lowest BCUT2D eigenvalue weighted by Gasteiger charge is -2.17. The summed E-state index contributed by atoms with van der Waals surface area (Å²) in [7, 11) is 0. The average molecular weight is 246 g/mol. The Morgan fingerprint density at radius 1 is 1.22 bits per heavy atom. The minimum atomic E-state index is -0.341. The maximum atomic E-state index is 13.2. The topological polar surface area (TPSA) is 45.8 Å². The molecule has 0 atom stereocenters. The van der Waals surface area contributed by atoms with Crippen LogP contribution in [-0.2, 0) is 5.41 Å². The maximum absolute atomic E-state index is 13.2. The molecule has 0 saturated heterocycles. The molecule has 0 aliphatic carbocycles. The zero-order valence-corrected chi connectivity index (χ0v) is 10.6. The Bertz CT molecular complexity index is 626. The van der Waals surface area contributed by atoms with Gasteiger partial charge in [-0.15, -0.1) is 0 Å². The summed E-state index contributed by atoms with van der Waals surface area (Å²) in [4.78, 5) is 18.7. The van der Waals surface area contributed by atoms with Gasteiger partial charge in [-0.05, 0) is 12.1 Å². The van der Waals surface area contributed by atoms with Gasteiger partial charge in [-0.3, -0.25) is 4.79 Å². The van der Waals surface area contributed by atoms with Crippen molar-refractivity contribution in [3.63, 3.8) is 0 Å². The minimum Gasteiger partial charge on any atom is -0.310 e. The van der Waals surface area contributed by atoms with Gasteiger partial charge in [0.15, 0.2) is 0 Å². The molecule has 94 valence electrons. The van der Waals surface area contributed by atoms with Crippen molar-refractivity contribution in [1.82, 2.24) is 9.97 Å². The predicted octanol–water partition coefficient (Wildman–Crippen LogP) is 2.87. The van der Waals surface area contributed by atoms with Crippen molar-refractivity contribution in [2.75, 3.05) is 0 Å². The van der Waals surface area contributed by atoms with Gasteiger partial charge in [0.1, 0.15) is 11.6 Å². The zero-order chi connectivity index (χ0) is 13.3. The molecular formula is C14H15FN2O. The molecule has 0 saturated carbocycles. The van der Waals surface area contributed by atoms with Crippen molar-refractivity contribution in [1.29, 1.82) is 0 Å². The number of hydrogen-bond donors (Lipinski definition) is 1. The third-order valence-corrected chi connectivity index (χ3v) is 2.57. The summed E-state index contributed by atoms with van der Waals surface area (Å²) >= 11 is 0. The van der Waals surface area contributed by atoms with E-state index in [2.05, 4.69) is 9.97 Å². The fourth-order valence-electron chi connectivity index (χ4n) is 1.61. The maximum Gasteiger partial charge on any atom is 0.251 e. The predicted molar refractivity (Wildman–Crippen MR) is 69.0 cm³/mol. The first-order chi connectivity index (χ1) is 8.36. The van der Waals surface area contributed by atoms with E-state index in [0.717, 1.165) is 0 Å². The van der Waals surface area contributed by atoms with Crippen molar-refractivity contribution in [3.05, 3.63) is 52.3 Å². The second-order valence-electron chi connectivity index (χ2n) is 5.24. The van der Waals surface area contributed by atoms with Crippen molar-refractivity contribution in [2.45, 2.75) is 26.2 Å². The van der Waals surface area contributed by atoms with Crippen molar-refractivity contribution in [3.8, 4) is 11.3 Å². The van der Waals surface area contributed by atoms with E-state index in [4.69, 9.17) is 0 Å². The van der Waals surface area contributed by atoms with E-state index in [9.17, 15) is 9.18 Å². The van der Waals surface area contributed by atoms with E-state index in [-0.39, 0.29) is 16.8 Å². The van der Waals surface area contributed by atoms with Crippen molar-refractivity contribution < 1.29 is 4.39 Å². The number of aromatic nitrogens is 2. The van der Waals surface area contributed by atoms with Gasteiger partial charge in [-0.1, -0.05) is 32.9 Å². The molecule has 18 heavy (non-hydrogen) atoms. The monoisotopic (exact) mass is 246 g/mol. The first kappa shape index (κ1) is 12.5. The summed E-state index contributed by atoms with van der Waals surface area (Å²) < 4.78 is 13.2. The van der Waals surface area contributed by atoms with E-state index in [1.165, 1.54) is 18.2 Å². The molecule has 2 rings (SSSR count). The van der Waals surface area contributed by atoms with E-state index >= 15 is 0 Å². The van der Waals surface area contributed by atoms with Crippen molar-refractivity contribution >= 4 is 0 Å². The molecule has 0 aliphatic heterocycles. The van der Waals surface area contributed by atoms with Gasteiger partial charge in [0.05, 0.1) is 5.69 Å². The fourth-order valence-corrected chi connectivity index (χ4v) is 1.61. The standard InChI is InChI=1S/C14H15FN2O/c1-14(2,3)13-16-11(8-12(18)17-13)9-5-4-6-10(15)7-9/h4-8H,1-3H3,(H,16,17,18). The molecule has 0 bridgehead atoms. The fraction of sp³-hybridized carbons (Fsp3) is 0.286. The summed E-state index contributed by atoms with van der Waals surface area (Å²) in [6.07, 6.45) is 0. The van der Waals surface area contributed by atoms with Crippen LogP contribution >= 0.6 is 0 Å². The Balaban J connectivity index is 2.59. The van der Waals surface area contributed by atoms with E-state index in [1.54, 1.807) is 12.1 Å². The third-order valence-electron chi connectivity index (χ3n) is 2.57. The van der Waals surface area contributed by atoms with E-state index in [1.807, 2.05) is 20.8 Å². The van der Waals surface area contributed by atoms with Crippen LogP contribution in [0, 0.1) is 5.82 Å². The van der Waals surface area contributed by atoms with Gasteiger partial charge in [-0.2, -0.15) is 0 Å². The zero-order valence-electron chi connectivity index (χ0n) is 10.6. The lowest BCUT2D eigenvalue weighted by atomic mass is 9.95. The van der Waals surface area contributed by atoms with Gasteiger partial charge >= 0.3 is 0 Å². The Kier molecular flexibility index (Phi) is 3.03. The Morgan fingerprint density at radius 3 is 2.56 bits per heavy atom. The summed E-state index contributed by atoms with van der Waals surface area (Å²) in [6, 6.07) is 7.45. The third kappa shape index (κ3) is 2.64. The van der Waals surface area contributed by atoms with Crippen LogP contribution in [-0.4, -0.2) is 9.97 Å². The molecule has 0 spiro atoms. The molecule has 1 aromatic carbocycles. The van der Waals surface area contributed by atoms with Crippen molar-refractivity contribution in [2.24, 2.45) is 0 Å². The van der Waals surface area contributed by atoms with Gasteiger partial charge in [0.25, 0.3) is 5.56 Å². The Hall–Kier alpha value is -1.97. The molecule has 1 heterocycles. The van der Waals surface area contributed by atoms with Crippen LogP contribution in [0.3, 0.4) is 0 Å². The van der Waals surface area contributed by atoms with E-state index in [0.29, 0.717) is 17.1 Å². The van der Waals surface area contributed by atoms with Crippen LogP contribution in [0.5, 0.6) is 0 Å². The van der Waals surface area contributed by atoms with Crippen LogP contribution in [0.4, 0.5) is 4.39 Å². The largest absolute Gasteiger partial charge is 0.310 e. The summed E-state index contributed by atoms with van der Waals surface area (Å²) in [6.45, 7) is 5.88. The molecule has 0 unspecified atom stereocenters. The molecule has 0 radical (unpaired) electrons. The van der Waals surface area contributed by atoms with Crippen LogP contribution < -0.4 is 5.56 Å². The smallest absolute Gasteiger partial charge is 0.251 e. The number of rotatable bonds is 1. The number of H-pyrrole nitrogens is 1. The number of nitrogens with zero attached hydrogens (tertiary/aromatic N) is 1. The second-order valence-corrected chi connectivity index (χ2v) is 5.24. The quantitative estimate of drug-likeness (QED) is 0.841. The van der Waals surface area contributed by atoms with E-state index < -0.39 is 0 Å². The number of nitrogens with one attached hydrogen (secondary N) is 1. The number of aromatic amines is 1. The molecule has 0 aliphatic rings. The van der Waals surface area contributed by atoms with Gasteiger partial charge in [-0.25, -0.2) is 9.37 Å². The lowest BCUT2D eigenvalue weighted by molar-refractivity contribution is 0.543. The van der Waals surface area contributed by atoms with Gasteiger partial charge < -0.3 is 4.98 Å². The Labute approximate surface area is 105 Å². The molecule has 0 amide bonds. The SMILES string of the molecule is CC(C)(C)c1nc(-c2cccc(F)c2)cc(=O)[nH]1. The van der Waals surface area contributed by atoms with Crippen LogP contribution in [0.2, 0.25) is 0 Å². The van der Waals surface area contributed by atoms with Crippen LogP contribution in [0.25, 0.3) is 11.3 Å². The molecular weight excluding hydrogens is 231 g/mol. The normalized spacial score (nSPS) is 11.6.